The van der Waals surface area contributed by atoms with E-state index in [-0.39, 0.29) is 24.5 Å². The SMILES string of the molecule is CCOc1ccc(OCCNC(=O)C[NH+]2Cc3ccccc3C[C@@H]2C(=O)OC)cc1. The first kappa shape index (κ1) is 21.6. The zero-order valence-corrected chi connectivity index (χ0v) is 17.5. The third kappa shape index (κ3) is 5.73. The molecule has 1 heterocycles. The molecule has 1 aliphatic rings. The molecule has 2 aromatic rings. The first-order valence-electron chi connectivity index (χ1n) is 10.2. The van der Waals surface area contributed by atoms with Gasteiger partial charge in [0.2, 0.25) is 0 Å². The van der Waals surface area contributed by atoms with Crippen molar-refractivity contribution in [3.8, 4) is 11.5 Å². The zero-order chi connectivity index (χ0) is 21.3. The lowest BCUT2D eigenvalue weighted by atomic mass is 9.94. The van der Waals surface area contributed by atoms with Crippen LogP contribution in [0.3, 0.4) is 0 Å². The number of methoxy groups -OCH3 is 1. The van der Waals surface area contributed by atoms with Crippen molar-refractivity contribution in [3.05, 3.63) is 59.7 Å². The van der Waals surface area contributed by atoms with Gasteiger partial charge in [0.15, 0.2) is 12.6 Å². The summed E-state index contributed by atoms with van der Waals surface area (Å²) in [6.07, 6.45) is 0.576. The topological polar surface area (TPSA) is 78.3 Å². The number of hydrogen-bond acceptors (Lipinski definition) is 5. The van der Waals surface area contributed by atoms with E-state index in [4.69, 9.17) is 14.2 Å². The Labute approximate surface area is 176 Å². The van der Waals surface area contributed by atoms with Gasteiger partial charge in [-0.25, -0.2) is 4.79 Å². The Hall–Kier alpha value is -3.06. The van der Waals surface area contributed by atoms with E-state index >= 15 is 0 Å². The van der Waals surface area contributed by atoms with Gasteiger partial charge in [0.1, 0.15) is 24.7 Å². The molecular formula is C23H29N2O5+. The molecule has 2 atom stereocenters. The summed E-state index contributed by atoms with van der Waals surface area (Å²) >= 11 is 0. The molecule has 1 amide bonds. The normalized spacial score (nSPS) is 17.5. The summed E-state index contributed by atoms with van der Waals surface area (Å²) in [4.78, 5) is 25.6. The van der Waals surface area contributed by atoms with Crippen LogP contribution in [0.1, 0.15) is 18.1 Å². The fraction of sp³-hybridized carbons (Fsp3) is 0.391. The van der Waals surface area contributed by atoms with Crippen molar-refractivity contribution in [1.82, 2.24) is 5.32 Å². The highest BCUT2D eigenvalue weighted by atomic mass is 16.5. The molecule has 0 aromatic heterocycles. The van der Waals surface area contributed by atoms with Gasteiger partial charge < -0.3 is 24.4 Å². The van der Waals surface area contributed by atoms with Crippen molar-refractivity contribution in [2.75, 3.05) is 33.4 Å². The fourth-order valence-corrected chi connectivity index (χ4v) is 3.67. The van der Waals surface area contributed by atoms with Crippen LogP contribution in [0, 0.1) is 0 Å². The van der Waals surface area contributed by atoms with Crippen molar-refractivity contribution in [2.24, 2.45) is 0 Å². The first-order valence-corrected chi connectivity index (χ1v) is 10.2. The first-order chi connectivity index (χ1) is 14.6. The zero-order valence-electron chi connectivity index (χ0n) is 17.5. The number of amides is 1. The van der Waals surface area contributed by atoms with Crippen molar-refractivity contribution in [3.63, 3.8) is 0 Å². The number of nitrogens with one attached hydrogen (secondary N) is 2. The van der Waals surface area contributed by atoms with E-state index in [1.807, 2.05) is 55.5 Å². The van der Waals surface area contributed by atoms with Crippen LogP contribution in [-0.2, 0) is 27.3 Å². The highest BCUT2D eigenvalue weighted by Crippen LogP contribution is 2.17. The van der Waals surface area contributed by atoms with E-state index in [1.54, 1.807) is 0 Å². The molecule has 0 radical (unpaired) electrons. The molecule has 2 aromatic carbocycles. The Bertz CT molecular complexity index is 853. The predicted molar refractivity (Wildman–Crippen MR) is 112 cm³/mol. The summed E-state index contributed by atoms with van der Waals surface area (Å²) in [6, 6.07) is 15.0. The molecule has 7 heteroatoms. The lowest BCUT2D eigenvalue weighted by Crippen LogP contribution is -3.17. The van der Waals surface area contributed by atoms with Gasteiger partial charge in [-0.05, 0) is 36.8 Å². The largest absolute Gasteiger partial charge is 0.494 e. The number of carbonyl (C=O) groups is 2. The van der Waals surface area contributed by atoms with E-state index in [0.29, 0.717) is 32.7 Å². The lowest BCUT2D eigenvalue weighted by Gasteiger charge is -2.31. The minimum atomic E-state index is -0.379. The van der Waals surface area contributed by atoms with Crippen molar-refractivity contribution >= 4 is 11.9 Å². The Morgan fingerprint density at radius 1 is 1.03 bits per heavy atom. The second-order valence-corrected chi connectivity index (χ2v) is 7.16. The van der Waals surface area contributed by atoms with Gasteiger partial charge in [0.05, 0.1) is 20.3 Å². The number of esters is 1. The number of benzene rings is 2. The van der Waals surface area contributed by atoms with Crippen molar-refractivity contribution in [2.45, 2.75) is 25.9 Å². The van der Waals surface area contributed by atoms with Crippen LogP contribution in [0.5, 0.6) is 11.5 Å². The third-order valence-electron chi connectivity index (χ3n) is 5.15. The summed E-state index contributed by atoms with van der Waals surface area (Å²) in [5, 5.41) is 2.87. The quantitative estimate of drug-likeness (QED) is 0.469. The molecule has 0 spiro atoms. The van der Waals surface area contributed by atoms with E-state index in [9.17, 15) is 9.59 Å². The number of rotatable bonds is 9. The number of fused-ring (bicyclic) bond motifs is 1. The maximum absolute atomic E-state index is 12.5. The molecule has 0 fully saturated rings. The molecular weight excluding hydrogens is 384 g/mol. The molecule has 3 rings (SSSR count). The van der Waals surface area contributed by atoms with E-state index in [2.05, 4.69) is 5.32 Å². The number of quaternary nitrogens is 1. The summed E-state index contributed by atoms with van der Waals surface area (Å²) in [5.74, 6) is 1.11. The number of ether oxygens (including phenoxy) is 3. The highest BCUT2D eigenvalue weighted by Gasteiger charge is 2.36. The summed E-state index contributed by atoms with van der Waals surface area (Å²) in [7, 11) is 1.39. The number of hydrogen-bond donors (Lipinski definition) is 2. The second-order valence-electron chi connectivity index (χ2n) is 7.16. The molecule has 7 nitrogen and oxygen atoms in total. The predicted octanol–water partition coefficient (Wildman–Crippen LogP) is 0.763. The standard InChI is InChI=1S/C23H28N2O5/c1-3-29-19-8-10-20(11-9-19)30-13-12-24-22(26)16-25-15-18-7-5-4-6-17(18)14-21(25)23(27)28-2/h4-11,21H,3,12-16H2,1-2H3,(H,24,26)/p+1/t21-/m1/s1. The smallest absolute Gasteiger partial charge is 0.365 e. The van der Waals surface area contributed by atoms with Gasteiger partial charge in [-0.15, -0.1) is 0 Å². The molecule has 0 aliphatic carbocycles. The van der Waals surface area contributed by atoms with Crippen LogP contribution in [0.4, 0.5) is 0 Å². The molecule has 1 aliphatic heterocycles. The third-order valence-corrected chi connectivity index (χ3v) is 5.15. The average molecular weight is 413 g/mol. The minimum Gasteiger partial charge on any atom is -0.494 e. The van der Waals surface area contributed by atoms with Crippen LogP contribution in [0.15, 0.2) is 48.5 Å². The van der Waals surface area contributed by atoms with E-state index in [0.717, 1.165) is 22.0 Å². The van der Waals surface area contributed by atoms with Crippen LogP contribution < -0.4 is 19.7 Å². The van der Waals surface area contributed by atoms with Gasteiger partial charge in [-0.2, -0.15) is 0 Å². The molecule has 1 unspecified atom stereocenters. The van der Waals surface area contributed by atoms with Crippen molar-refractivity contribution in [1.29, 1.82) is 0 Å². The van der Waals surface area contributed by atoms with E-state index in [1.165, 1.54) is 12.7 Å². The van der Waals surface area contributed by atoms with Gasteiger partial charge in [-0.1, -0.05) is 24.3 Å². The molecule has 0 saturated heterocycles. The molecule has 0 bridgehead atoms. The van der Waals surface area contributed by atoms with Crippen LogP contribution in [0.25, 0.3) is 0 Å². The molecule has 0 saturated carbocycles. The van der Waals surface area contributed by atoms with Gasteiger partial charge in [0.25, 0.3) is 5.91 Å². The molecule has 160 valence electrons. The fourth-order valence-electron chi connectivity index (χ4n) is 3.67. The van der Waals surface area contributed by atoms with E-state index < -0.39 is 0 Å². The molecule has 30 heavy (non-hydrogen) atoms. The monoisotopic (exact) mass is 413 g/mol. The number of carbonyl (C=O) groups excluding carboxylic acids is 2. The Morgan fingerprint density at radius 3 is 2.37 bits per heavy atom. The van der Waals surface area contributed by atoms with Crippen LogP contribution >= 0.6 is 0 Å². The Balaban J connectivity index is 1.47. The van der Waals surface area contributed by atoms with Crippen LogP contribution in [-0.4, -0.2) is 51.3 Å². The summed E-state index contributed by atoms with van der Waals surface area (Å²) in [6.45, 7) is 4.12. The van der Waals surface area contributed by atoms with Gasteiger partial charge >= 0.3 is 5.97 Å². The Kier molecular flexibility index (Phi) is 7.68. The minimum absolute atomic E-state index is 0.117. The maximum Gasteiger partial charge on any atom is 0.365 e. The second kappa shape index (κ2) is 10.6. The maximum atomic E-state index is 12.5. The summed E-state index contributed by atoms with van der Waals surface area (Å²) in [5.41, 5.74) is 2.31. The molecule has 2 N–H and O–H groups in total. The van der Waals surface area contributed by atoms with Gasteiger partial charge in [-0.3, -0.25) is 4.79 Å². The average Bonchev–Trinajstić information content (AvgIpc) is 2.77. The summed E-state index contributed by atoms with van der Waals surface area (Å²) < 4.78 is 16.0. The Morgan fingerprint density at radius 2 is 1.70 bits per heavy atom. The van der Waals surface area contributed by atoms with Crippen LogP contribution in [0.2, 0.25) is 0 Å². The highest BCUT2D eigenvalue weighted by molar-refractivity contribution is 5.78. The van der Waals surface area contributed by atoms with Crippen molar-refractivity contribution < 1.29 is 28.7 Å². The lowest BCUT2D eigenvalue weighted by molar-refractivity contribution is -0.924. The van der Waals surface area contributed by atoms with Gasteiger partial charge in [0, 0.05) is 12.0 Å².